The van der Waals surface area contributed by atoms with Gasteiger partial charge in [-0.3, -0.25) is 0 Å². The summed E-state index contributed by atoms with van der Waals surface area (Å²) in [6.07, 6.45) is 1.28. The summed E-state index contributed by atoms with van der Waals surface area (Å²) in [6.45, 7) is 3.20. The first-order chi connectivity index (χ1) is 11.4. The Bertz CT molecular complexity index is 673. The molecular formula is C19H22NO3+. The van der Waals surface area contributed by atoms with E-state index in [1.807, 2.05) is 24.3 Å². The molecule has 2 atom stereocenters. The summed E-state index contributed by atoms with van der Waals surface area (Å²) in [5.41, 5.74) is 2.75. The van der Waals surface area contributed by atoms with E-state index in [1.54, 1.807) is 0 Å². The topological polar surface area (TPSA) is 44.3 Å². The van der Waals surface area contributed by atoms with Gasteiger partial charge in [-0.2, -0.15) is 0 Å². The van der Waals surface area contributed by atoms with Crippen LogP contribution in [0.5, 0.6) is 11.5 Å². The van der Waals surface area contributed by atoms with Gasteiger partial charge >= 0.3 is 0 Å². The Hall–Kier alpha value is -2.04. The van der Waals surface area contributed by atoms with Gasteiger partial charge in [-0.15, -0.1) is 0 Å². The van der Waals surface area contributed by atoms with Crippen LogP contribution in [0.25, 0.3) is 0 Å². The molecule has 2 aromatic carbocycles. The lowest BCUT2D eigenvalue weighted by Crippen LogP contribution is -2.88. The Kier molecular flexibility index (Phi) is 4.18. The van der Waals surface area contributed by atoms with Crippen LogP contribution in [0.4, 0.5) is 0 Å². The fourth-order valence-electron chi connectivity index (χ4n) is 3.28. The molecule has 0 amide bonds. The fraction of sp³-hybridized carbons (Fsp3) is 0.368. The summed E-state index contributed by atoms with van der Waals surface area (Å²) < 4.78 is 17.7. The van der Waals surface area contributed by atoms with Gasteiger partial charge in [-0.05, 0) is 29.7 Å². The lowest BCUT2D eigenvalue weighted by Gasteiger charge is -2.27. The third-order valence-corrected chi connectivity index (χ3v) is 4.47. The molecule has 0 aromatic heterocycles. The predicted molar refractivity (Wildman–Crippen MR) is 86.9 cm³/mol. The molecule has 0 bridgehead atoms. The Morgan fingerprint density at radius 3 is 2.74 bits per heavy atom. The maximum atomic E-state index is 5.99. The number of rotatable bonds is 4. The normalized spacial score (nSPS) is 22.4. The van der Waals surface area contributed by atoms with E-state index in [2.05, 4.69) is 29.6 Å². The first-order valence-electron chi connectivity index (χ1n) is 8.30. The molecule has 0 saturated carbocycles. The van der Waals surface area contributed by atoms with Crippen molar-refractivity contribution in [3.63, 3.8) is 0 Å². The minimum Gasteiger partial charge on any atom is -0.486 e. The fourth-order valence-corrected chi connectivity index (χ4v) is 3.28. The maximum Gasteiger partial charge on any atom is 0.181 e. The van der Waals surface area contributed by atoms with Crippen LogP contribution in [-0.2, 0) is 11.2 Å². The highest BCUT2D eigenvalue weighted by molar-refractivity contribution is 5.40. The lowest BCUT2D eigenvalue weighted by atomic mass is 9.97. The zero-order valence-electron chi connectivity index (χ0n) is 13.1. The third kappa shape index (κ3) is 3.19. The highest BCUT2D eigenvalue weighted by Gasteiger charge is 2.25. The number of hydrogen-bond donors (Lipinski definition) is 1. The van der Waals surface area contributed by atoms with Gasteiger partial charge in [0.05, 0.1) is 6.61 Å². The van der Waals surface area contributed by atoms with Crippen LogP contribution in [0, 0.1) is 0 Å². The minimum absolute atomic E-state index is 0.0868. The van der Waals surface area contributed by atoms with E-state index in [0.717, 1.165) is 37.6 Å². The molecule has 2 heterocycles. The molecule has 2 aliphatic rings. The highest BCUT2D eigenvalue weighted by Crippen LogP contribution is 2.30. The Morgan fingerprint density at radius 1 is 0.957 bits per heavy atom. The van der Waals surface area contributed by atoms with Gasteiger partial charge in [0.15, 0.2) is 17.6 Å². The summed E-state index contributed by atoms with van der Waals surface area (Å²) in [6, 6.07) is 16.4. The van der Waals surface area contributed by atoms with E-state index < -0.39 is 0 Å². The molecule has 120 valence electrons. The Balaban J connectivity index is 1.32. The standard InChI is InChI=1S/C19H21NO3/c1-2-6-16-14(5-1)9-10-21-19(16)12-20-11-15-13-22-17-7-3-4-8-18(17)23-15/h1-8,15,19-20H,9-13H2/p+1. The molecule has 23 heavy (non-hydrogen) atoms. The molecule has 4 heteroatoms. The van der Waals surface area contributed by atoms with Crippen molar-refractivity contribution in [2.24, 2.45) is 0 Å². The van der Waals surface area contributed by atoms with Crippen molar-refractivity contribution < 1.29 is 19.5 Å². The molecule has 2 N–H and O–H groups in total. The SMILES string of the molecule is c1ccc2c(c1)CCOC2C[NH2+]CC1COc2ccccc2O1. The van der Waals surface area contributed by atoms with Gasteiger partial charge in [-0.1, -0.05) is 36.4 Å². The van der Waals surface area contributed by atoms with Gasteiger partial charge in [-0.25, -0.2) is 0 Å². The lowest BCUT2D eigenvalue weighted by molar-refractivity contribution is -0.668. The summed E-state index contributed by atoms with van der Waals surface area (Å²) in [4.78, 5) is 0. The molecule has 0 aliphatic carbocycles. The van der Waals surface area contributed by atoms with Crippen molar-refractivity contribution in [3.05, 3.63) is 59.7 Å². The summed E-state index contributed by atoms with van der Waals surface area (Å²) in [5, 5.41) is 2.27. The zero-order valence-corrected chi connectivity index (χ0v) is 13.1. The van der Waals surface area contributed by atoms with Crippen molar-refractivity contribution in [1.82, 2.24) is 0 Å². The molecule has 0 spiro atoms. The van der Waals surface area contributed by atoms with E-state index in [-0.39, 0.29) is 12.2 Å². The van der Waals surface area contributed by atoms with Gasteiger partial charge < -0.3 is 19.5 Å². The van der Waals surface area contributed by atoms with E-state index in [0.29, 0.717) is 6.61 Å². The molecule has 2 aromatic rings. The molecule has 4 rings (SSSR count). The molecule has 4 nitrogen and oxygen atoms in total. The first-order valence-corrected chi connectivity index (χ1v) is 8.30. The van der Waals surface area contributed by atoms with Gasteiger partial charge in [0, 0.05) is 0 Å². The number of quaternary nitrogens is 1. The van der Waals surface area contributed by atoms with Crippen molar-refractivity contribution >= 4 is 0 Å². The van der Waals surface area contributed by atoms with E-state index in [1.165, 1.54) is 11.1 Å². The first kappa shape index (κ1) is 14.5. The molecular weight excluding hydrogens is 290 g/mol. The Labute approximate surface area is 136 Å². The highest BCUT2D eigenvalue weighted by atomic mass is 16.6. The second-order valence-corrected chi connectivity index (χ2v) is 6.07. The zero-order chi connectivity index (χ0) is 15.5. The van der Waals surface area contributed by atoms with E-state index >= 15 is 0 Å². The quantitative estimate of drug-likeness (QED) is 0.935. The van der Waals surface area contributed by atoms with Crippen molar-refractivity contribution in [2.45, 2.75) is 18.6 Å². The summed E-state index contributed by atoms with van der Waals surface area (Å²) in [5.74, 6) is 1.68. The molecule has 0 fully saturated rings. The largest absolute Gasteiger partial charge is 0.486 e. The summed E-state index contributed by atoms with van der Waals surface area (Å²) >= 11 is 0. The Morgan fingerprint density at radius 2 is 1.78 bits per heavy atom. The second kappa shape index (κ2) is 6.60. The molecule has 2 aliphatic heterocycles. The van der Waals surface area contributed by atoms with Crippen LogP contribution in [0.15, 0.2) is 48.5 Å². The molecule has 2 unspecified atom stereocenters. The van der Waals surface area contributed by atoms with Crippen LogP contribution in [-0.4, -0.2) is 32.4 Å². The second-order valence-electron chi connectivity index (χ2n) is 6.07. The van der Waals surface area contributed by atoms with Gasteiger partial charge in [0.2, 0.25) is 0 Å². The van der Waals surface area contributed by atoms with E-state index in [4.69, 9.17) is 14.2 Å². The van der Waals surface area contributed by atoms with Crippen LogP contribution in [0.2, 0.25) is 0 Å². The van der Waals surface area contributed by atoms with Crippen LogP contribution < -0.4 is 14.8 Å². The molecule has 0 radical (unpaired) electrons. The number of para-hydroxylation sites is 2. The van der Waals surface area contributed by atoms with Crippen LogP contribution in [0.1, 0.15) is 17.2 Å². The minimum atomic E-state index is 0.0868. The number of ether oxygens (including phenoxy) is 3. The van der Waals surface area contributed by atoms with Gasteiger partial charge in [0.25, 0.3) is 0 Å². The number of fused-ring (bicyclic) bond motifs is 2. The van der Waals surface area contributed by atoms with Crippen molar-refractivity contribution in [1.29, 1.82) is 0 Å². The smallest absolute Gasteiger partial charge is 0.181 e. The molecule has 0 saturated heterocycles. The summed E-state index contributed by atoms with van der Waals surface area (Å²) in [7, 11) is 0. The average Bonchev–Trinajstić information content (AvgIpc) is 2.62. The maximum absolute atomic E-state index is 5.99. The van der Waals surface area contributed by atoms with Crippen molar-refractivity contribution in [2.75, 3.05) is 26.3 Å². The van der Waals surface area contributed by atoms with E-state index in [9.17, 15) is 0 Å². The van der Waals surface area contributed by atoms with Crippen LogP contribution in [0.3, 0.4) is 0 Å². The van der Waals surface area contributed by atoms with Crippen LogP contribution >= 0.6 is 0 Å². The number of benzene rings is 2. The van der Waals surface area contributed by atoms with Crippen molar-refractivity contribution in [3.8, 4) is 11.5 Å². The third-order valence-electron chi connectivity index (χ3n) is 4.47. The number of nitrogens with two attached hydrogens (primary N) is 1. The monoisotopic (exact) mass is 312 g/mol. The van der Waals surface area contributed by atoms with Gasteiger partial charge in [0.1, 0.15) is 25.8 Å². The predicted octanol–water partition coefficient (Wildman–Crippen LogP) is 1.70. The average molecular weight is 312 g/mol. The number of hydrogen-bond acceptors (Lipinski definition) is 3.